The molecule has 0 aliphatic rings. The molecule has 0 fully saturated rings. The van der Waals surface area contributed by atoms with Crippen molar-refractivity contribution < 1.29 is 17.6 Å². The van der Waals surface area contributed by atoms with Gasteiger partial charge in [0.15, 0.2) is 0 Å². The maximum Gasteiger partial charge on any atom is 0.255 e. The highest BCUT2D eigenvalue weighted by Crippen LogP contribution is 2.19. The smallest absolute Gasteiger partial charge is 0.255 e. The Labute approximate surface area is 188 Å². The van der Waals surface area contributed by atoms with Crippen molar-refractivity contribution in [3.63, 3.8) is 0 Å². The number of sulfonamides is 1. The van der Waals surface area contributed by atoms with Crippen molar-refractivity contribution in [2.45, 2.75) is 11.4 Å². The van der Waals surface area contributed by atoms with Crippen LogP contribution in [0.15, 0.2) is 93.3 Å². The van der Waals surface area contributed by atoms with Gasteiger partial charge < -0.3 is 0 Å². The molecule has 1 N–H and O–H groups in total. The molecule has 0 aliphatic carbocycles. The summed E-state index contributed by atoms with van der Waals surface area (Å²) in [6.45, 7) is -0.461. The minimum Gasteiger partial charge on any atom is -0.272 e. The topological polar surface area (TPSA) is 78.8 Å². The molecule has 160 valence electrons. The van der Waals surface area contributed by atoms with Crippen LogP contribution in [-0.4, -0.2) is 31.4 Å². The van der Waals surface area contributed by atoms with Gasteiger partial charge in [-0.05, 0) is 35.9 Å². The average Bonchev–Trinajstić information content (AvgIpc) is 2.77. The summed E-state index contributed by atoms with van der Waals surface area (Å²) >= 11 is 3.34. The number of halogens is 2. The van der Waals surface area contributed by atoms with Gasteiger partial charge in [0.25, 0.3) is 5.91 Å². The van der Waals surface area contributed by atoms with E-state index in [1.165, 1.54) is 24.3 Å². The Kier molecular flexibility index (Phi) is 7.67. The summed E-state index contributed by atoms with van der Waals surface area (Å²) in [7, 11) is -3.94. The quantitative estimate of drug-likeness (QED) is 0.373. The molecule has 0 saturated carbocycles. The van der Waals surface area contributed by atoms with Gasteiger partial charge in [0, 0.05) is 16.6 Å². The van der Waals surface area contributed by atoms with Crippen molar-refractivity contribution >= 4 is 38.1 Å². The van der Waals surface area contributed by atoms with Crippen molar-refractivity contribution in [1.82, 2.24) is 9.73 Å². The van der Waals surface area contributed by atoms with Crippen molar-refractivity contribution in [3.8, 4) is 0 Å². The van der Waals surface area contributed by atoms with Crippen molar-refractivity contribution in [2.24, 2.45) is 5.10 Å². The van der Waals surface area contributed by atoms with Gasteiger partial charge in [-0.1, -0.05) is 64.5 Å². The first kappa shape index (κ1) is 22.8. The number of carbonyl (C=O) groups is 1. The highest BCUT2D eigenvalue weighted by Gasteiger charge is 2.26. The number of amides is 1. The van der Waals surface area contributed by atoms with Crippen LogP contribution in [0, 0.1) is 5.82 Å². The van der Waals surface area contributed by atoms with Gasteiger partial charge >= 0.3 is 0 Å². The third-order valence-corrected chi connectivity index (χ3v) is 6.61. The molecule has 0 atom stereocenters. The molecular formula is C22H19BrFN3O3S. The fourth-order valence-corrected chi connectivity index (χ4v) is 4.38. The SMILES string of the molecule is O=C(CN(Cc1ccc(Br)cc1)S(=O)(=O)c1ccccc1)N/N=C\c1ccccc1F. The predicted octanol–water partition coefficient (Wildman–Crippen LogP) is 3.93. The third kappa shape index (κ3) is 6.30. The first-order valence-corrected chi connectivity index (χ1v) is 11.5. The van der Waals surface area contributed by atoms with E-state index in [1.807, 2.05) is 0 Å². The van der Waals surface area contributed by atoms with E-state index in [4.69, 9.17) is 0 Å². The zero-order valence-corrected chi connectivity index (χ0v) is 18.7. The highest BCUT2D eigenvalue weighted by atomic mass is 79.9. The summed E-state index contributed by atoms with van der Waals surface area (Å²) < 4.78 is 41.8. The first-order valence-electron chi connectivity index (χ1n) is 9.22. The summed E-state index contributed by atoms with van der Waals surface area (Å²) in [6.07, 6.45) is 1.16. The van der Waals surface area contributed by atoms with Crippen LogP contribution in [0.3, 0.4) is 0 Å². The number of hydrazone groups is 1. The maximum atomic E-state index is 13.6. The van der Waals surface area contributed by atoms with Crippen LogP contribution >= 0.6 is 15.9 Å². The maximum absolute atomic E-state index is 13.6. The number of nitrogens with one attached hydrogen (secondary N) is 1. The summed E-state index contributed by atoms with van der Waals surface area (Å²) in [5, 5.41) is 3.74. The Morgan fingerprint density at radius 2 is 1.65 bits per heavy atom. The van der Waals surface area contributed by atoms with Crippen LogP contribution in [0.4, 0.5) is 4.39 Å². The van der Waals surface area contributed by atoms with Gasteiger partial charge in [0.1, 0.15) is 5.82 Å². The Balaban J connectivity index is 1.78. The molecule has 0 aliphatic heterocycles. The minimum atomic E-state index is -3.94. The Bertz CT molecular complexity index is 1170. The van der Waals surface area contributed by atoms with E-state index in [0.29, 0.717) is 5.56 Å². The second kappa shape index (κ2) is 10.4. The van der Waals surface area contributed by atoms with Gasteiger partial charge in [-0.15, -0.1) is 0 Å². The normalized spacial score (nSPS) is 11.7. The van der Waals surface area contributed by atoms with E-state index in [2.05, 4.69) is 26.5 Å². The lowest BCUT2D eigenvalue weighted by Crippen LogP contribution is -2.39. The van der Waals surface area contributed by atoms with E-state index in [0.717, 1.165) is 15.0 Å². The third-order valence-electron chi connectivity index (χ3n) is 4.27. The number of carbonyl (C=O) groups excluding carboxylic acids is 1. The number of hydrogen-bond acceptors (Lipinski definition) is 4. The molecule has 31 heavy (non-hydrogen) atoms. The molecule has 0 aromatic heterocycles. The highest BCUT2D eigenvalue weighted by molar-refractivity contribution is 9.10. The molecule has 3 aromatic carbocycles. The molecule has 1 amide bonds. The molecule has 0 spiro atoms. The van der Waals surface area contributed by atoms with Crippen LogP contribution in [0.2, 0.25) is 0 Å². The molecule has 0 radical (unpaired) electrons. The number of rotatable bonds is 8. The fraction of sp³-hybridized carbons (Fsp3) is 0.0909. The van der Waals surface area contributed by atoms with Gasteiger partial charge in [0.05, 0.1) is 17.7 Å². The molecule has 0 saturated heterocycles. The molecule has 9 heteroatoms. The molecule has 0 heterocycles. The molecular weight excluding hydrogens is 485 g/mol. The predicted molar refractivity (Wildman–Crippen MR) is 120 cm³/mol. The lowest BCUT2D eigenvalue weighted by molar-refractivity contribution is -0.121. The van der Waals surface area contributed by atoms with Gasteiger partial charge in [-0.3, -0.25) is 4.79 Å². The van der Waals surface area contributed by atoms with E-state index < -0.39 is 28.3 Å². The second-order valence-corrected chi connectivity index (χ2v) is 9.38. The average molecular weight is 504 g/mol. The van der Waals surface area contributed by atoms with Crippen LogP contribution in [0.1, 0.15) is 11.1 Å². The largest absolute Gasteiger partial charge is 0.272 e. The minimum absolute atomic E-state index is 0.00500. The molecule has 0 unspecified atom stereocenters. The standard InChI is InChI=1S/C22H19BrFN3O3S/c23-19-12-10-17(11-13-19)15-27(31(29,30)20-7-2-1-3-8-20)16-22(28)26-25-14-18-6-4-5-9-21(18)24/h1-14H,15-16H2,(H,26,28)/b25-14-. The molecule has 3 aromatic rings. The van der Waals surface area contributed by atoms with Gasteiger partial charge in [0.2, 0.25) is 10.0 Å². The van der Waals surface area contributed by atoms with Gasteiger partial charge in [-0.25, -0.2) is 18.2 Å². The van der Waals surface area contributed by atoms with Crippen LogP contribution in [0.25, 0.3) is 0 Å². The number of nitrogens with zero attached hydrogens (tertiary/aromatic N) is 2. The van der Waals surface area contributed by atoms with Crippen molar-refractivity contribution in [2.75, 3.05) is 6.54 Å². The lowest BCUT2D eigenvalue weighted by Gasteiger charge is -2.21. The van der Waals surface area contributed by atoms with E-state index in [1.54, 1.807) is 54.6 Å². The van der Waals surface area contributed by atoms with E-state index in [9.17, 15) is 17.6 Å². The Morgan fingerprint density at radius 3 is 2.32 bits per heavy atom. The molecule has 3 rings (SSSR count). The Morgan fingerprint density at radius 1 is 1.00 bits per heavy atom. The summed E-state index contributed by atoms with van der Waals surface area (Å²) in [6, 6.07) is 21.0. The zero-order chi connectivity index (χ0) is 22.3. The monoisotopic (exact) mass is 503 g/mol. The number of benzene rings is 3. The molecule has 0 bridgehead atoms. The lowest BCUT2D eigenvalue weighted by atomic mass is 10.2. The number of hydrogen-bond donors (Lipinski definition) is 1. The van der Waals surface area contributed by atoms with Crippen LogP contribution in [0.5, 0.6) is 0 Å². The van der Waals surface area contributed by atoms with E-state index >= 15 is 0 Å². The van der Waals surface area contributed by atoms with E-state index in [-0.39, 0.29) is 17.0 Å². The zero-order valence-electron chi connectivity index (χ0n) is 16.3. The fourth-order valence-electron chi connectivity index (χ4n) is 2.71. The summed E-state index contributed by atoms with van der Waals surface area (Å²) in [5.74, 6) is -1.13. The van der Waals surface area contributed by atoms with Crippen molar-refractivity contribution in [3.05, 3.63) is 100 Å². The molecule has 6 nitrogen and oxygen atoms in total. The summed E-state index contributed by atoms with van der Waals surface area (Å²) in [4.78, 5) is 12.5. The van der Waals surface area contributed by atoms with Crippen LogP contribution < -0.4 is 5.43 Å². The second-order valence-electron chi connectivity index (χ2n) is 6.53. The van der Waals surface area contributed by atoms with Gasteiger partial charge in [-0.2, -0.15) is 9.41 Å². The first-order chi connectivity index (χ1) is 14.9. The van der Waals surface area contributed by atoms with Crippen molar-refractivity contribution in [1.29, 1.82) is 0 Å². The summed E-state index contributed by atoms with van der Waals surface area (Å²) in [5.41, 5.74) is 3.17. The Hall–Kier alpha value is -2.88. The van der Waals surface area contributed by atoms with Crippen LogP contribution in [-0.2, 0) is 21.4 Å².